The minimum atomic E-state index is 0.350. The first kappa shape index (κ1) is 13.6. The molecule has 2 aromatic rings. The summed E-state index contributed by atoms with van der Waals surface area (Å²) in [4.78, 5) is 8.09. The molecule has 6 nitrogen and oxygen atoms in total. The molecule has 0 spiro atoms. The maximum Gasteiger partial charge on any atom is 0.242 e. The van der Waals surface area contributed by atoms with Crippen LogP contribution in [0.25, 0.3) is 0 Å². The van der Waals surface area contributed by atoms with Crippen molar-refractivity contribution in [1.82, 2.24) is 9.97 Å². The topological polar surface area (TPSA) is 96.9 Å². The van der Waals surface area contributed by atoms with E-state index >= 15 is 0 Å². The average Bonchev–Trinajstić information content (AvgIpc) is 2.48. The molecule has 0 unspecified atom stereocenters. The molecule has 3 N–H and O–H groups in total. The van der Waals surface area contributed by atoms with E-state index in [4.69, 9.17) is 15.7 Å². The van der Waals surface area contributed by atoms with E-state index in [2.05, 4.69) is 21.4 Å². The summed E-state index contributed by atoms with van der Waals surface area (Å²) in [5.41, 5.74) is 7.61. The third-order valence-corrected chi connectivity index (χ3v) is 2.54. The van der Waals surface area contributed by atoms with Gasteiger partial charge >= 0.3 is 0 Å². The second-order valence-electron chi connectivity index (χ2n) is 4.11. The third kappa shape index (κ3) is 3.14. The van der Waals surface area contributed by atoms with Crippen molar-refractivity contribution in [3.05, 3.63) is 36.2 Å². The number of hydrogen-bond donors (Lipinski definition) is 2. The predicted octanol–water partition coefficient (Wildman–Crippen LogP) is 2.46. The smallest absolute Gasteiger partial charge is 0.242 e. The highest BCUT2D eigenvalue weighted by molar-refractivity contribution is 5.72. The first-order chi connectivity index (χ1) is 9.74. The van der Waals surface area contributed by atoms with Gasteiger partial charge in [0.05, 0.1) is 18.2 Å². The molecule has 0 fully saturated rings. The summed E-state index contributed by atoms with van der Waals surface area (Å²) in [7, 11) is 0. The van der Waals surface area contributed by atoms with E-state index in [0.29, 0.717) is 29.6 Å². The molecular formula is C14H15N5O. The Morgan fingerprint density at radius 2 is 2.25 bits per heavy atom. The number of ether oxygens (including phenoxy) is 1. The minimum Gasteiger partial charge on any atom is -0.476 e. The number of nitrogen functional groups attached to an aromatic ring is 1. The van der Waals surface area contributed by atoms with Gasteiger partial charge in [-0.05, 0) is 24.6 Å². The quantitative estimate of drug-likeness (QED) is 0.865. The number of nitrogens with zero attached hydrogens (tertiary/aromatic N) is 3. The highest BCUT2D eigenvalue weighted by Gasteiger charge is 2.09. The number of nitriles is 1. The molecule has 20 heavy (non-hydrogen) atoms. The fourth-order valence-electron chi connectivity index (χ4n) is 1.60. The van der Waals surface area contributed by atoms with Crippen LogP contribution in [0.3, 0.4) is 0 Å². The number of benzene rings is 1. The van der Waals surface area contributed by atoms with Crippen LogP contribution in [0.15, 0.2) is 30.6 Å². The Kier molecular flexibility index (Phi) is 4.35. The van der Waals surface area contributed by atoms with Gasteiger partial charge in [0.25, 0.3) is 0 Å². The molecule has 0 radical (unpaired) electrons. The van der Waals surface area contributed by atoms with Crippen molar-refractivity contribution < 1.29 is 4.74 Å². The Balaban J connectivity index is 2.22. The van der Waals surface area contributed by atoms with Gasteiger partial charge in [-0.25, -0.2) is 4.98 Å². The van der Waals surface area contributed by atoms with Gasteiger partial charge in [0.15, 0.2) is 5.82 Å². The van der Waals surface area contributed by atoms with Gasteiger partial charge in [0.1, 0.15) is 12.0 Å². The third-order valence-electron chi connectivity index (χ3n) is 2.54. The summed E-state index contributed by atoms with van der Waals surface area (Å²) >= 11 is 0. The van der Waals surface area contributed by atoms with Crippen LogP contribution in [-0.2, 0) is 0 Å². The SMILES string of the molecule is CCCOc1ncnc(Nc2cccc(C#N)c2)c1N. The van der Waals surface area contributed by atoms with Crippen molar-refractivity contribution in [1.29, 1.82) is 5.26 Å². The van der Waals surface area contributed by atoms with E-state index in [1.807, 2.05) is 13.0 Å². The molecule has 2 rings (SSSR count). The maximum atomic E-state index is 8.88. The lowest BCUT2D eigenvalue weighted by molar-refractivity contribution is 0.307. The molecule has 1 aromatic heterocycles. The molecule has 0 bridgehead atoms. The van der Waals surface area contributed by atoms with E-state index in [1.165, 1.54) is 6.33 Å². The molecule has 6 heteroatoms. The van der Waals surface area contributed by atoms with Gasteiger partial charge in [-0.3, -0.25) is 0 Å². The van der Waals surface area contributed by atoms with Gasteiger partial charge in [-0.15, -0.1) is 0 Å². The van der Waals surface area contributed by atoms with Crippen LogP contribution in [0, 0.1) is 11.3 Å². The minimum absolute atomic E-state index is 0.350. The molecule has 102 valence electrons. The Morgan fingerprint density at radius 1 is 1.40 bits per heavy atom. The molecule has 1 heterocycles. The summed E-state index contributed by atoms with van der Waals surface area (Å²) in [6.45, 7) is 2.55. The fourth-order valence-corrected chi connectivity index (χ4v) is 1.60. The summed E-state index contributed by atoms with van der Waals surface area (Å²) in [5.74, 6) is 0.821. The molecule has 0 saturated heterocycles. The Bertz CT molecular complexity index is 636. The second-order valence-corrected chi connectivity index (χ2v) is 4.11. The number of anilines is 3. The standard InChI is InChI=1S/C14H15N5O/c1-2-6-20-14-12(16)13(17-9-18-14)19-11-5-3-4-10(7-11)8-15/h3-5,7,9H,2,6,16H2,1H3,(H,17,18,19). The monoisotopic (exact) mass is 269 g/mol. The van der Waals surface area contributed by atoms with Gasteiger partial charge in [-0.2, -0.15) is 10.2 Å². The van der Waals surface area contributed by atoms with E-state index in [9.17, 15) is 0 Å². The van der Waals surface area contributed by atoms with Crippen LogP contribution in [0.5, 0.6) is 5.88 Å². The second kappa shape index (κ2) is 6.38. The lowest BCUT2D eigenvalue weighted by Crippen LogP contribution is -2.05. The molecule has 1 aromatic carbocycles. The van der Waals surface area contributed by atoms with Gasteiger partial charge < -0.3 is 15.8 Å². The first-order valence-corrected chi connectivity index (χ1v) is 6.25. The lowest BCUT2D eigenvalue weighted by Gasteiger charge is -2.11. The summed E-state index contributed by atoms with van der Waals surface area (Å²) in [6.07, 6.45) is 2.26. The summed E-state index contributed by atoms with van der Waals surface area (Å²) in [5, 5.41) is 11.9. The van der Waals surface area contributed by atoms with E-state index in [0.717, 1.165) is 12.1 Å². The zero-order chi connectivity index (χ0) is 14.4. The normalized spacial score (nSPS) is 9.80. The largest absolute Gasteiger partial charge is 0.476 e. The lowest BCUT2D eigenvalue weighted by atomic mass is 10.2. The van der Waals surface area contributed by atoms with Crippen LogP contribution < -0.4 is 15.8 Å². The molecule has 0 saturated carbocycles. The number of aromatic nitrogens is 2. The number of nitrogens with one attached hydrogen (secondary N) is 1. The van der Waals surface area contributed by atoms with Crippen LogP contribution >= 0.6 is 0 Å². The molecule has 0 aliphatic carbocycles. The summed E-state index contributed by atoms with van der Waals surface area (Å²) in [6, 6.07) is 9.13. The molecule has 0 aliphatic rings. The zero-order valence-corrected chi connectivity index (χ0v) is 11.1. The Hall–Kier alpha value is -2.81. The van der Waals surface area contributed by atoms with Crippen LogP contribution in [-0.4, -0.2) is 16.6 Å². The van der Waals surface area contributed by atoms with Crippen LogP contribution in [0.1, 0.15) is 18.9 Å². The van der Waals surface area contributed by atoms with Crippen molar-refractivity contribution in [2.24, 2.45) is 0 Å². The van der Waals surface area contributed by atoms with Gasteiger partial charge in [0.2, 0.25) is 5.88 Å². The number of nitrogens with two attached hydrogens (primary N) is 1. The van der Waals surface area contributed by atoms with Crippen LogP contribution in [0.2, 0.25) is 0 Å². The maximum absolute atomic E-state index is 8.88. The van der Waals surface area contributed by atoms with Crippen molar-refractivity contribution in [2.75, 3.05) is 17.7 Å². The van der Waals surface area contributed by atoms with Crippen LogP contribution in [0.4, 0.5) is 17.2 Å². The van der Waals surface area contributed by atoms with Crippen molar-refractivity contribution >= 4 is 17.2 Å². The molecule has 0 atom stereocenters. The zero-order valence-electron chi connectivity index (χ0n) is 11.1. The van der Waals surface area contributed by atoms with E-state index in [-0.39, 0.29) is 0 Å². The van der Waals surface area contributed by atoms with Gasteiger partial charge in [0, 0.05) is 5.69 Å². The first-order valence-electron chi connectivity index (χ1n) is 6.25. The van der Waals surface area contributed by atoms with Crippen molar-refractivity contribution in [3.63, 3.8) is 0 Å². The molecule has 0 amide bonds. The predicted molar refractivity (Wildman–Crippen MR) is 76.7 cm³/mol. The molecule has 0 aliphatic heterocycles. The fraction of sp³-hybridized carbons (Fsp3) is 0.214. The average molecular weight is 269 g/mol. The Labute approximate surface area is 117 Å². The Morgan fingerprint density at radius 3 is 3.00 bits per heavy atom. The molecular weight excluding hydrogens is 254 g/mol. The highest BCUT2D eigenvalue weighted by atomic mass is 16.5. The van der Waals surface area contributed by atoms with Gasteiger partial charge in [-0.1, -0.05) is 13.0 Å². The number of hydrogen-bond acceptors (Lipinski definition) is 6. The van der Waals surface area contributed by atoms with E-state index in [1.54, 1.807) is 18.2 Å². The van der Waals surface area contributed by atoms with Crippen molar-refractivity contribution in [2.45, 2.75) is 13.3 Å². The van der Waals surface area contributed by atoms with Crippen molar-refractivity contribution in [3.8, 4) is 11.9 Å². The summed E-state index contributed by atoms with van der Waals surface area (Å²) < 4.78 is 5.44. The van der Waals surface area contributed by atoms with E-state index < -0.39 is 0 Å². The highest BCUT2D eigenvalue weighted by Crippen LogP contribution is 2.27. The number of rotatable bonds is 5.